The fraction of sp³-hybridized carbons (Fsp3) is 0.667. The van der Waals surface area contributed by atoms with Crippen LogP contribution in [0.3, 0.4) is 0 Å². The first kappa shape index (κ1) is 7.65. The van der Waals surface area contributed by atoms with Crippen molar-refractivity contribution in [1.29, 1.82) is 0 Å². The molecule has 2 amide bonds. The third kappa shape index (κ3) is 1.19. The van der Waals surface area contributed by atoms with Gasteiger partial charge in [-0.15, -0.1) is 0 Å². The van der Waals surface area contributed by atoms with Gasteiger partial charge in [-0.05, 0) is 25.2 Å². The van der Waals surface area contributed by atoms with Crippen molar-refractivity contribution in [1.82, 2.24) is 4.90 Å². The van der Waals surface area contributed by atoms with Crippen molar-refractivity contribution in [2.24, 2.45) is 11.7 Å². The lowest BCUT2D eigenvalue weighted by Crippen LogP contribution is -2.49. The van der Waals surface area contributed by atoms with E-state index in [1.165, 1.54) is 0 Å². The van der Waals surface area contributed by atoms with E-state index in [0.717, 1.165) is 25.8 Å². The van der Waals surface area contributed by atoms with E-state index in [1.54, 1.807) is 4.90 Å². The molecule has 0 aromatic heterocycles. The van der Waals surface area contributed by atoms with E-state index in [4.69, 9.17) is 5.73 Å². The van der Waals surface area contributed by atoms with E-state index in [0.29, 0.717) is 12.0 Å². The highest BCUT2D eigenvalue weighted by Crippen LogP contribution is 2.29. The Morgan fingerprint density at radius 3 is 3.17 bits per heavy atom. The van der Waals surface area contributed by atoms with Crippen LogP contribution in [0.5, 0.6) is 0 Å². The molecule has 2 N–H and O–H groups in total. The average molecular weight is 166 g/mol. The fourth-order valence-electron chi connectivity index (χ4n) is 2.20. The zero-order valence-corrected chi connectivity index (χ0v) is 7.07. The Hall–Kier alpha value is -0.990. The molecule has 0 radical (unpaired) electrons. The minimum Gasteiger partial charge on any atom is -0.351 e. The van der Waals surface area contributed by atoms with Gasteiger partial charge in [0.1, 0.15) is 0 Å². The third-order valence-corrected chi connectivity index (χ3v) is 2.86. The largest absolute Gasteiger partial charge is 0.351 e. The highest BCUT2D eigenvalue weighted by Gasteiger charge is 2.30. The summed E-state index contributed by atoms with van der Waals surface area (Å²) in [7, 11) is 0. The Bertz CT molecular complexity index is 225. The van der Waals surface area contributed by atoms with Gasteiger partial charge in [0.25, 0.3) is 0 Å². The molecule has 2 bridgehead atoms. The highest BCUT2D eigenvalue weighted by atomic mass is 16.2. The number of primary amides is 1. The minimum atomic E-state index is -0.256. The van der Waals surface area contributed by atoms with Gasteiger partial charge in [0.2, 0.25) is 0 Å². The average Bonchev–Trinajstić information content (AvgIpc) is 2.04. The van der Waals surface area contributed by atoms with Crippen LogP contribution < -0.4 is 5.73 Å². The number of carbonyl (C=O) groups excluding carboxylic acids is 1. The van der Waals surface area contributed by atoms with Crippen LogP contribution in [0.4, 0.5) is 4.79 Å². The number of piperidine rings is 1. The predicted molar refractivity (Wildman–Crippen MR) is 46.6 cm³/mol. The second kappa shape index (κ2) is 2.81. The number of rotatable bonds is 0. The summed E-state index contributed by atoms with van der Waals surface area (Å²) >= 11 is 0. The van der Waals surface area contributed by atoms with Crippen LogP contribution in [0, 0.1) is 5.92 Å². The second-order valence-corrected chi connectivity index (χ2v) is 3.63. The van der Waals surface area contributed by atoms with Gasteiger partial charge < -0.3 is 10.6 Å². The van der Waals surface area contributed by atoms with Gasteiger partial charge in [0.05, 0.1) is 0 Å². The molecule has 1 aliphatic carbocycles. The van der Waals surface area contributed by atoms with Gasteiger partial charge in [0, 0.05) is 12.6 Å². The molecule has 0 aromatic carbocycles. The maximum atomic E-state index is 11.0. The van der Waals surface area contributed by atoms with Crippen LogP contribution in [0.1, 0.15) is 19.3 Å². The Morgan fingerprint density at radius 2 is 2.42 bits per heavy atom. The fourth-order valence-corrected chi connectivity index (χ4v) is 2.20. The Balaban J connectivity index is 2.11. The summed E-state index contributed by atoms with van der Waals surface area (Å²) in [6.45, 7) is 0.842. The topological polar surface area (TPSA) is 46.3 Å². The SMILES string of the molecule is NC(=O)N1CC[C@@H]2C=CC[C@@H]1C2. The van der Waals surface area contributed by atoms with Gasteiger partial charge in [0.15, 0.2) is 0 Å². The lowest BCUT2D eigenvalue weighted by molar-refractivity contribution is 0.141. The standard InChI is InChI=1S/C9H14N2O/c10-9(12)11-5-4-7-2-1-3-8(11)6-7/h1-2,7-8H,3-6H2,(H2,10,12)/t7-,8+/m0/s1. The molecule has 12 heavy (non-hydrogen) atoms. The molecule has 3 heteroatoms. The van der Waals surface area contributed by atoms with E-state index in [1.807, 2.05) is 0 Å². The maximum Gasteiger partial charge on any atom is 0.315 e. The van der Waals surface area contributed by atoms with E-state index in [9.17, 15) is 4.79 Å². The van der Waals surface area contributed by atoms with Gasteiger partial charge in [-0.2, -0.15) is 0 Å². The van der Waals surface area contributed by atoms with Crippen LogP contribution in [0.25, 0.3) is 0 Å². The zero-order chi connectivity index (χ0) is 8.55. The first-order chi connectivity index (χ1) is 5.77. The molecule has 66 valence electrons. The molecule has 1 saturated heterocycles. The van der Waals surface area contributed by atoms with E-state index in [-0.39, 0.29) is 6.03 Å². The maximum absolute atomic E-state index is 11.0. The molecule has 0 saturated carbocycles. The Labute approximate surface area is 72.2 Å². The van der Waals surface area contributed by atoms with Gasteiger partial charge in [-0.1, -0.05) is 12.2 Å². The van der Waals surface area contributed by atoms with Crippen molar-refractivity contribution >= 4 is 6.03 Å². The van der Waals surface area contributed by atoms with Crippen LogP contribution in [-0.2, 0) is 0 Å². The molecule has 1 heterocycles. The summed E-state index contributed by atoms with van der Waals surface area (Å²) in [6, 6.07) is 0.125. The van der Waals surface area contributed by atoms with E-state index < -0.39 is 0 Å². The summed E-state index contributed by atoms with van der Waals surface area (Å²) in [6.07, 6.45) is 7.62. The smallest absolute Gasteiger partial charge is 0.315 e. The van der Waals surface area contributed by atoms with E-state index in [2.05, 4.69) is 12.2 Å². The number of nitrogens with two attached hydrogens (primary N) is 1. The molecule has 1 aliphatic heterocycles. The number of allylic oxidation sites excluding steroid dienone is 1. The number of nitrogens with zero attached hydrogens (tertiary/aromatic N) is 1. The monoisotopic (exact) mass is 166 g/mol. The molecule has 0 spiro atoms. The number of likely N-dealkylation sites (tertiary alicyclic amines) is 1. The van der Waals surface area contributed by atoms with Crippen molar-refractivity contribution in [3.8, 4) is 0 Å². The normalized spacial score (nSPS) is 33.5. The molecular weight excluding hydrogens is 152 g/mol. The lowest BCUT2D eigenvalue weighted by atomic mass is 9.85. The zero-order valence-electron chi connectivity index (χ0n) is 7.07. The Kier molecular flexibility index (Phi) is 1.79. The summed E-state index contributed by atoms with van der Waals surface area (Å²) < 4.78 is 0. The lowest BCUT2D eigenvalue weighted by Gasteiger charge is -2.39. The van der Waals surface area contributed by atoms with Gasteiger partial charge in [-0.3, -0.25) is 0 Å². The summed E-state index contributed by atoms with van der Waals surface area (Å²) in [5, 5.41) is 0. The highest BCUT2D eigenvalue weighted by molar-refractivity contribution is 5.72. The van der Waals surface area contributed by atoms with Crippen molar-refractivity contribution in [3.05, 3.63) is 12.2 Å². The molecule has 1 fully saturated rings. The first-order valence-electron chi connectivity index (χ1n) is 4.50. The van der Waals surface area contributed by atoms with E-state index >= 15 is 0 Å². The van der Waals surface area contributed by atoms with Crippen LogP contribution in [-0.4, -0.2) is 23.5 Å². The Morgan fingerprint density at radius 1 is 1.58 bits per heavy atom. The number of hydrogen-bond donors (Lipinski definition) is 1. The van der Waals surface area contributed by atoms with Crippen LogP contribution in [0.15, 0.2) is 12.2 Å². The van der Waals surface area contributed by atoms with Crippen molar-refractivity contribution < 1.29 is 4.79 Å². The number of urea groups is 1. The minimum absolute atomic E-state index is 0.256. The third-order valence-electron chi connectivity index (χ3n) is 2.86. The number of fused-ring (bicyclic) bond motifs is 2. The number of carbonyl (C=O) groups is 1. The number of hydrogen-bond acceptors (Lipinski definition) is 1. The predicted octanol–water partition coefficient (Wildman–Crippen LogP) is 1.11. The summed E-state index contributed by atoms with van der Waals surface area (Å²) in [5.74, 6) is 0.694. The summed E-state index contributed by atoms with van der Waals surface area (Å²) in [4.78, 5) is 12.8. The summed E-state index contributed by atoms with van der Waals surface area (Å²) in [5.41, 5.74) is 5.27. The quantitative estimate of drug-likeness (QED) is 0.538. The molecule has 2 atom stereocenters. The van der Waals surface area contributed by atoms with Gasteiger partial charge in [-0.25, -0.2) is 4.79 Å². The number of amides is 2. The molecule has 0 aromatic rings. The molecular formula is C9H14N2O. The van der Waals surface area contributed by atoms with Gasteiger partial charge >= 0.3 is 6.03 Å². The molecule has 2 aliphatic rings. The van der Waals surface area contributed by atoms with Crippen LogP contribution >= 0.6 is 0 Å². The first-order valence-corrected chi connectivity index (χ1v) is 4.50. The molecule has 0 unspecified atom stereocenters. The van der Waals surface area contributed by atoms with Crippen molar-refractivity contribution in [3.63, 3.8) is 0 Å². The second-order valence-electron chi connectivity index (χ2n) is 3.63. The van der Waals surface area contributed by atoms with Crippen molar-refractivity contribution in [2.75, 3.05) is 6.54 Å². The molecule has 2 rings (SSSR count). The van der Waals surface area contributed by atoms with Crippen molar-refractivity contribution in [2.45, 2.75) is 25.3 Å². The van der Waals surface area contributed by atoms with Crippen LogP contribution in [0.2, 0.25) is 0 Å². The molecule has 3 nitrogen and oxygen atoms in total.